The molecule has 0 radical (unpaired) electrons. The number of carbonyl (C=O) groups is 1. The number of esters is 1. The fraction of sp³-hybridized carbons (Fsp3) is 0.214. The van der Waals surface area contributed by atoms with E-state index in [1.807, 2.05) is 0 Å². The van der Waals surface area contributed by atoms with E-state index in [1.165, 1.54) is 22.8 Å². The number of sulfonamides is 1. The maximum absolute atomic E-state index is 12.5. The molecule has 1 heterocycles. The monoisotopic (exact) mass is 325 g/mol. The molecule has 5 nitrogen and oxygen atoms in total. The third-order valence-electron chi connectivity index (χ3n) is 2.90. The lowest BCUT2D eigenvalue weighted by Crippen LogP contribution is -2.30. The summed E-state index contributed by atoms with van der Waals surface area (Å²) in [7, 11) is -2.26. The molecule has 1 aromatic heterocycles. The van der Waals surface area contributed by atoms with Crippen molar-refractivity contribution in [2.45, 2.75) is 11.1 Å². The van der Waals surface area contributed by atoms with E-state index >= 15 is 0 Å². The molecular weight excluding hydrogens is 310 g/mol. The summed E-state index contributed by atoms with van der Waals surface area (Å²) >= 11 is 1.18. The summed E-state index contributed by atoms with van der Waals surface area (Å²) in [5, 5.41) is 1.72. The van der Waals surface area contributed by atoms with E-state index in [4.69, 9.17) is 0 Å². The summed E-state index contributed by atoms with van der Waals surface area (Å²) in [5.74, 6) is -0.453. The van der Waals surface area contributed by atoms with E-state index in [0.29, 0.717) is 22.0 Å². The standard InChI is InChI=1S/C14H15NO4S2/c1-3-15(21(17,18)13-5-4-10-20-13)12-8-6-11(7-9-12)14(16)19-2/h4-10H,3H2,1-2H3. The Labute approximate surface area is 127 Å². The van der Waals surface area contributed by atoms with Crippen LogP contribution in [-0.4, -0.2) is 28.0 Å². The predicted octanol–water partition coefficient (Wildman–Crippen LogP) is 2.75. The Bertz CT molecular complexity index is 706. The first-order chi connectivity index (χ1) is 10.0. The minimum atomic E-state index is -3.56. The molecule has 0 spiro atoms. The number of thiophene rings is 1. The van der Waals surface area contributed by atoms with E-state index in [-0.39, 0.29) is 0 Å². The average molecular weight is 325 g/mol. The summed E-state index contributed by atoms with van der Waals surface area (Å²) in [5.41, 5.74) is 0.893. The Hall–Kier alpha value is -1.86. The van der Waals surface area contributed by atoms with Crippen LogP contribution < -0.4 is 4.31 Å². The van der Waals surface area contributed by atoms with Gasteiger partial charge in [-0.3, -0.25) is 4.31 Å². The molecule has 7 heteroatoms. The maximum atomic E-state index is 12.5. The van der Waals surface area contributed by atoms with Crippen molar-refractivity contribution in [3.63, 3.8) is 0 Å². The fourth-order valence-electron chi connectivity index (χ4n) is 1.89. The van der Waals surface area contributed by atoms with E-state index < -0.39 is 16.0 Å². The number of hydrogen-bond acceptors (Lipinski definition) is 5. The van der Waals surface area contributed by atoms with Crippen molar-refractivity contribution in [2.24, 2.45) is 0 Å². The minimum absolute atomic E-state index is 0.293. The largest absolute Gasteiger partial charge is 0.465 e. The third kappa shape index (κ3) is 3.08. The van der Waals surface area contributed by atoms with Crippen molar-refractivity contribution in [1.29, 1.82) is 0 Å². The number of nitrogens with zero attached hydrogens (tertiary/aromatic N) is 1. The highest BCUT2D eigenvalue weighted by molar-refractivity contribution is 7.94. The van der Waals surface area contributed by atoms with Gasteiger partial charge in [0.2, 0.25) is 0 Å². The van der Waals surface area contributed by atoms with Gasteiger partial charge in [0, 0.05) is 6.54 Å². The Morgan fingerprint density at radius 2 is 1.90 bits per heavy atom. The molecule has 21 heavy (non-hydrogen) atoms. The summed E-state index contributed by atoms with van der Waals surface area (Å²) in [6.45, 7) is 2.07. The number of rotatable bonds is 5. The molecule has 1 aromatic carbocycles. The quantitative estimate of drug-likeness (QED) is 0.793. The van der Waals surface area contributed by atoms with Crippen LogP contribution >= 0.6 is 11.3 Å². The van der Waals surface area contributed by atoms with E-state index in [1.54, 1.807) is 48.7 Å². The Balaban J connectivity index is 2.36. The van der Waals surface area contributed by atoms with Gasteiger partial charge in [-0.1, -0.05) is 6.07 Å². The second-order valence-electron chi connectivity index (χ2n) is 4.14. The molecule has 0 aliphatic heterocycles. The van der Waals surface area contributed by atoms with Crippen molar-refractivity contribution in [2.75, 3.05) is 18.0 Å². The molecule has 0 unspecified atom stereocenters. The normalized spacial score (nSPS) is 11.1. The van der Waals surface area contributed by atoms with Gasteiger partial charge >= 0.3 is 5.97 Å². The lowest BCUT2D eigenvalue weighted by molar-refractivity contribution is 0.0601. The van der Waals surface area contributed by atoms with Gasteiger partial charge in [0.05, 0.1) is 18.4 Å². The second-order valence-corrected chi connectivity index (χ2v) is 7.18. The van der Waals surface area contributed by atoms with Gasteiger partial charge in [-0.2, -0.15) is 0 Å². The average Bonchev–Trinajstić information content (AvgIpc) is 3.02. The smallest absolute Gasteiger partial charge is 0.337 e. The predicted molar refractivity (Wildman–Crippen MR) is 82.3 cm³/mol. The first-order valence-electron chi connectivity index (χ1n) is 6.25. The van der Waals surface area contributed by atoms with Crippen LogP contribution in [0.2, 0.25) is 0 Å². The third-order valence-corrected chi connectivity index (χ3v) is 6.18. The fourth-order valence-corrected chi connectivity index (χ4v) is 4.47. The van der Waals surface area contributed by atoms with Crippen LogP contribution in [0.15, 0.2) is 46.0 Å². The van der Waals surface area contributed by atoms with Crippen LogP contribution in [0.4, 0.5) is 5.69 Å². The Kier molecular flexibility index (Phi) is 4.64. The molecule has 0 fully saturated rings. The molecule has 2 aromatic rings. The number of anilines is 1. The summed E-state index contributed by atoms with van der Waals surface area (Å²) in [4.78, 5) is 11.4. The van der Waals surface area contributed by atoms with Crippen LogP contribution in [0.25, 0.3) is 0 Å². The van der Waals surface area contributed by atoms with Gasteiger partial charge in [-0.25, -0.2) is 13.2 Å². The highest BCUT2D eigenvalue weighted by Gasteiger charge is 2.24. The van der Waals surface area contributed by atoms with Crippen LogP contribution in [0.1, 0.15) is 17.3 Å². The van der Waals surface area contributed by atoms with Crippen molar-refractivity contribution in [3.8, 4) is 0 Å². The highest BCUT2D eigenvalue weighted by Crippen LogP contribution is 2.26. The lowest BCUT2D eigenvalue weighted by Gasteiger charge is -2.22. The molecule has 0 atom stereocenters. The van der Waals surface area contributed by atoms with Crippen LogP contribution in [-0.2, 0) is 14.8 Å². The van der Waals surface area contributed by atoms with Crippen molar-refractivity contribution in [3.05, 3.63) is 47.3 Å². The summed E-state index contributed by atoms with van der Waals surface area (Å²) in [6, 6.07) is 9.57. The van der Waals surface area contributed by atoms with Gasteiger partial charge in [-0.15, -0.1) is 11.3 Å². The molecule has 2 rings (SSSR count). The Morgan fingerprint density at radius 1 is 1.24 bits per heavy atom. The first-order valence-corrected chi connectivity index (χ1v) is 8.57. The molecular formula is C14H15NO4S2. The molecule has 0 amide bonds. The SMILES string of the molecule is CCN(c1ccc(C(=O)OC)cc1)S(=O)(=O)c1cccs1. The zero-order chi connectivity index (χ0) is 15.5. The van der Waals surface area contributed by atoms with Gasteiger partial charge in [0.25, 0.3) is 10.0 Å². The minimum Gasteiger partial charge on any atom is -0.465 e. The topological polar surface area (TPSA) is 63.7 Å². The van der Waals surface area contributed by atoms with Gasteiger partial charge in [0.1, 0.15) is 4.21 Å². The molecule has 0 aliphatic rings. The van der Waals surface area contributed by atoms with Crippen LogP contribution in [0.5, 0.6) is 0 Å². The summed E-state index contributed by atoms with van der Waals surface area (Å²) in [6.07, 6.45) is 0. The number of hydrogen-bond donors (Lipinski definition) is 0. The summed E-state index contributed by atoms with van der Waals surface area (Å²) < 4.78 is 31.3. The lowest BCUT2D eigenvalue weighted by atomic mass is 10.2. The van der Waals surface area contributed by atoms with Crippen LogP contribution in [0, 0.1) is 0 Å². The first kappa shape index (κ1) is 15.5. The second kappa shape index (κ2) is 6.28. The molecule has 0 saturated heterocycles. The van der Waals surface area contributed by atoms with E-state index in [9.17, 15) is 13.2 Å². The van der Waals surface area contributed by atoms with Gasteiger partial charge in [-0.05, 0) is 42.6 Å². The Morgan fingerprint density at radius 3 is 2.38 bits per heavy atom. The van der Waals surface area contributed by atoms with Crippen LogP contribution in [0.3, 0.4) is 0 Å². The molecule has 0 bridgehead atoms. The molecule has 0 saturated carbocycles. The highest BCUT2D eigenvalue weighted by atomic mass is 32.2. The number of carbonyl (C=O) groups excluding carboxylic acids is 1. The van der Waals surface area contributed by atoms with Crippen molar-refractivity contribution >= 4 is 33.0 Å². The van der Waals surface area contributed by atoms with Gasteiger partial charge < -0.3 is 4.74 Å². The van der Waals surface area contributed by atoms with Gasteiger partial charge in [0.15, 0.2) is 0 Å². The van der Waals surface area contributed by atoms with Crippen molar-refractivity contribution in [1.82, 2.24) is 0 Å². The zero-order valence-electron chi connectivity index (χ0n) is 11.6. The zero-order valence-corrected chi connectivity index (χ0v) is 13.3. The molecule has 0 aliphatic carbocycles. The number of methoxy groups -OCH3 is 1. The maximum Gasteiger partial charge on any atom is 0.337 e. The number of ether oxygens (including phenoxy) is 1. The van der Waals surface area contributed by atoms with E-state index in [0.717, 1.165) is 0 Å². The number of benzene rings is 1. The molecule has 0 N–H and O–H groups in total. The van der Waals surface area contributed by atoms with Crippen molar-refractivity contribution < 1.29 is 17.9 Å². The van der Waals surface area contributed by atoms with E-state index in [2.05, 4.69) is 4.74 Å². The molecule has 112 valence electrons.